The summed E-state index contributed by atoms with van der Waals surface area (Å²) in [5.41, 5.74) is 7.31. The lowest BCUT2D eigenvalue weighted by Gasteiger charge is -2.23. The molecular weight excluding hydrogens is 228 g/mol. The van der Waals surface area contributed by atoms with Crippen LogP contribution in [0, 0.1) is 0 Å². The van der Waals surface area contributed by atoms with Gasteiger partial charge in [0.1, 0.15) is 0 Å². The minimum absolute atomic E-state index is 0.0179. The number of nitrogens with zero attached hydrogens (tertiary/aromatic N) is 1. The van der Waals surface area contributed by atoms with E-state index in [0.717, 1.165) is 31.4 Å². The summed E-state index contributed by atoms with van der Waals surface area (Å²) in [6.07, 6.45) is 2.65. The fraction of sp³-hybridized carbons (Fsp3) is 0.500. The van der Waals surface area contributed by atoms with Gasteiger partial charge in [-0.15, -0.1) is 0 Å². The lowest BCUT2D eigenvalue weighted by Crippen LogP contribution is -2.37. The Bertz CT molecular complexity index is 420. The number of hydrogen-bond acceptors (Lipinski definition) is 3. The van der Waals surface area contributed by atoms with Crippen LogP contribution in [0.1, 0.15) is 28.8 Å². The SMILES string of the molecule is NCCc1cccc(C(=O)N2CCC[C@@H]2CO)c1. The van der Waals surface area contributed by atoms with Crippen LogP contribution in [0.2, 0.25) is 0 Å². The predicted octanol–water partition coefficient (Wildman–Crippen LogP) is 0.785. The minimum Gasteiger partial charge on any atom is -0.394 e. The summed E-state index contributed by atoms with van der Waals surface area (Å²) >= 11 is 0. The molecule has 1 fully saturated rings. The van der Waals surface area contributed by atoms with Gasteiger partial charge in [-0.2, -0.15) is 0 Å². The van der Waals surface area contributed by atoms with Crippen molar-refractivity contribution in [1.29, 1.82) is 0 Å². The number of carbonyl (C=O) groups is 1. The number of benzene rings is 1. The monoisotopic (exact) mass is 248 g/mol. The number of likely N-dealkylation sites (tertiary alicyclic amines) is 1. The third-order valence-corrected chi connectivity index (χ3v) is 3.46. The molecule has 1 aliphatic heterocycles. The third kappa shape index (κ3) is 2.71. The number of nitrogens with two attached hydrogens (primary N) is 1. The second kappa shape index (κ2) is 5.98. The van der Waals surface area contributed by atoms with Gasteiger partial charge in [0.2, 0.25) is 0 Å². The molecule has 0 spiro atoms. The molecule has 1 atom stereocenters. The molecule has 4 nitrogen and oxygen atoms in total. The van der Waals surface area contributed by atoms with Crippen LogP contribution < -0.4 is 5.73 Å². The molecule has 0 unspecified atom stereocenters. The minimum atomic E-state index is -0.0179. The van der Waals surface area contributed by atoms with Crippen LogP contribution in [0.25, 0.3) is 0 Å². The van der Waals surface area contributed by atoms with Crippen LogP contribution in [0.15, 0.2) is 24.3 Å². The van der Waals surface area contributed by atoms with Crippen molar-refractivity contribution in [2.45, 2.75) is 25.3 Å². The highest BCUT2D eigenvalue weighted by Gasteiger charge is 2.28. The van der Waals surface area contributed by atoms with Crippen LogP contribution in [-0.4, -0.2) is 41.7 Å². The smallest absolute Gasteiger partial charge is 0.254 e. The number of carbonyl (C=O) groups excluding carboxylic acids is 1. The third-order valence-electron chi connectivity index (χ3n) is 3.46. The van der Waals surface area contributed by atoms with Crippen LogP contribution >= 0.6 is 0 Å². The number of rotatable bonds is 4. The topological polar surface area (TPSA) is 66.6 Å². The lowest BCUT2D eigenvalue weighted by molar-refractivity contribution is 0.0677. The van der Waals surface area contributed by atoms with Gasteiger partial charge in [0.25, 0.3) is 5.91 Å². The van der Waals surface area contributed by atoms with Gasteiger partial charge in [-0.3, -0.25) is 4.79 Å². The molecule has 0 aliphatic carbocycles. The highest BCUT2D eigenvalue weighted by atomic mass is 16.3. The lowest BCUT2D eigenvalue weighted by atomic mass is 10.1. The summed E-state index contributed by atoms with van der Waals surface area (Å²) in [5.74, 6) is 0.0189. The van der Waals surface area contributed by atoms with E-state index in [0.29, 0.717) is 12.1 Å². The van der Waals surface area contributed by atoms with Gasteiger partial charge in [0, 0.05) is 12.1 Å². The summed E-state index contributed by atoms with van der Waals surface area (Å²) in [5, 5.41) is 9.26. The van der Waals surface area contributed by atoms with Crippen molar-refractivity contribution in [3.63, 3.8) is 0 Å². The second-order valence-electron chi connectivity index (χ2n) is 4.72. The Morgan fingerprint density at radius 2 is 2.33 bits per heavy atom. The zero-order chi connectivity index (χ0) is 13.0. The zero-order valence-electron chi connectivity index (χ0n) is 10.5. The Balaban J connectivity index is 2.15. The van der Waals surface area contributed by atoms with Crippen LogP contribution in [-0.2, 0) is 6.42 Å². The maximum absolute atomic E-state index is 12.4. The highest BCUT2D eigenvalue weighted by molar-refractivity contribution is 5.94. The first-order chi connectivity index (χ1) is 8.76. The first-order valence-corrected chi connectivity index (χ1v) is 6.47. The van der Waals surface area contributed by atoms with Crippen LogP contribution in [0.5, 0.6) is 0 Å². The molecule has 1 aromatic rings. The molecule has 1 saturated heterocycles. The normalized spacial score (nSPS) is 19.2. The van der Waals surface area contributed by atoms with Crippen molar-refractivity contribution >= 4 is 5.91 Å². The van der Waals surface area contributed by atoms with Crippen molar-refractivity contribution in [1.82, 2.24) is 4.90 Å². The average molecular weight is 248 g/mol. The Labute approximate surface area is 107 Å². The van der Waals surface area contributed by atoms with Gasteiger partial charge in [0.15, 0.2) is 0 Å². The molecule has 1 aromatic carbocycles. The molecule has 2 rings (SSSR count). The first kappa shape index (κ1) is 13.1. The summed E-state index contributed by atoms with van der Waals surface area (Å²) in [6, 6.07) is 7.59. The molecular formula is C14H20N2O2. The van der Waals surface area contributed by atoms with Crippen molar-refractivity contribution < 1.29 is 9.90 Å². The highest BCUT2D eigenvalue weighted by Crippen LogP contribution is 2.20. The number of hydrogen-bond donors (Lipinski definition) is 2. The van der Waals surface area contributed by atoms with Crippen molar-refractivity contribution in [2.24, 2.45) is 5.73 Å². The standard InChI is InChI=1S/C14H20N2O2/c15-7-6-11-3-1-4-12(9-11)14(18)16-8-2-5-13(16)10-17/h1,3-4,9,13,17H,2,5-8,10,15H2/t13-/m1/s1. The number of aliphatic hydroxyl groups is 1. The Kier molecular flexibility index (Phi) is 4.33. The Morgan fingerprint density at radius 1 is 1.50 bits per heavy atom. The van der Waals surface area contributed by atoms with Crippen molar-refractivity contribution in [2.75, 3.05) is 19.7 Å². The summed E-state index contributed by atoms with van der Waals surface area (Å²) in [7, 11) is 0. The maximum atomic E-state index is 12.4. The van der Waals surface area contributed by atoms with Crippen LogP contribution in [0.4, 0.5) is 0 Å². The molecule has 1 heterocycles. The number of amides is 1. The van der Waals surface area contributed by atoms with E-state index in [2.05, 4.69) is 0 Å². The van der Waals surface area contributed by atoms with E-state index >= 15 is 0 Å². The maximum Gasteiger partial charge on any atom is 0.254 e. The van der Waals surface area contributed by atoms with E-state index in [9.17, 15) is 9.90 Å². The molecule has 4 heteroatoms. The zero-order valence-corrected chi connectivity index (χ0v) is 10.5. The summed E-state index contributed by atoms with van der Waals surface area (Å²) in [6.45, 7) is 1.38. The molecule has 0 bridgehead atoms. The molecule has 0 saturated carbocycles. The van der Waals surface area contributed by atoms with Gasteiger partial charge in [0.05, 0.1) is 12.6 Å². The second-order valence-corrected chi connectivity index (χ2v) is 4.72. The van der Waals surface area contributed by atoms with Gasteiger partial charge < -0.3 is 15.7 Å². The summed E-state index contributed by atoms with van der Waals surface area (Å²) < 4.78 is 0. The Morgan fingerprint density at radius 3 is 3.06 bits per heavy atom. The van der Waals surface area contributed by atoms with E-state index in [1.54, 1.807) is 4.90 Å². The number of aliphatic hydroxyl groups excluding tert-OH is 1. The quantitative estimate of drug-likeness (QED) is 0.827. The fourth-order valence-corrected chi connectivity index (χ4v) is 2.49. The molecule has 18 heavy (non-hydrogen) atoms. The van der Waals surface area contributed by atoms with Gasteiger partial charge >= 0.3 is 0 Å². The van der Waals surface area contributed by atoms with Crippen molar-refractivity contribution in [3.05, 3.63) is 35.4 Å². The van der Waals surface area contributed by atoms with E-state index in [4.69, 9.17) is 5.73 Å². The fourth-order valence-electron chi connectivity index (χ4n) is 2.49. The molecule has 0 aromatic heterocycles. The van der Waals surface area contributed by atoms with E-state index < -0.39 is 0 Å². The molecule has 0 radical (unpaired) electrons. The molecule has 1 aliphatic rings. The van der Waals surface area contributed by atoms with E-state index in [1.165, 1.54) is 0 Å². The molecule has 98 valence electrons. The van der Waals surface area contributed by atoms with Gasteiger partial charge in [-0.25, -0.2) is 0 Å². The Hall–Kier alpha value is -1.39. The van der Waals surface area contributed by atoms with E-state index in [-0.39, 0.29) is 18.6 Å². The van der Waals surface area contributed by atoms with Crippen molar-refractivity contribution in [3.8, 4) is 0 Å². The van der Waals surface area contributed by atoms with Gasteiger partial charge in [-0.05, 0) is 43.5 Å². The summed E-state index contributed by atoms with van der Waals surface area (Å²) in [4.78, 5) is 14.1. The average Bonchev–Trinajstić information content (AvgIpc) is 2.87. The first-order valence-electron chi connectivity index (χ1n) is 6.47. The largest absolute Gasteiger partial charge is 0.394 e. The predicted molar refractivity (Wildman–Crippen MR) is 70.3 cm³/mol. The van der Waals surface area contributed by atoms with E-state index in [1.807, 2.05) is 24.3 Å². The van der Waals surface area contributed by atoms with Gasteiger partial charge in [-0.1, -0.05) is 12.1 Å². The van der Waals surface area contributed by atoms with Crippen LogP contribution in [0.3, 0.4) is 0 Å². The molecule has 1 amide bonds. The molecule has 3 N–H and O–H groups in total.